The SMILES string of the molecule is Cc1nc2ccc([N+](=O)[O-])cc2c(-c2ccccc2)c1C(=O)N1CCOCC1. The van der Waals surface area contributed by atoms with Crippen molar-refractivity contribution in [2.75, 3.05) is 26.3 Å². The summed E-state index contributed by atoms with van der Waals surface area (Å²) < 4.78 is 5.36. The molecule has 142 valence electrons. The number of benzene rings is 2. The summed E-state index contributed by atoms with van der Waals surface area (Å²) in [4.78, 5) is 30.6. The molecular formula is C21H19N3O4. The fraction of sp³-hybridized carbons (Fsp3) is 0.238. The van der Waals surface area contributed by atoms with E-state index in [4.69, 9.17) is 4.74 Å². The Hall–Kier alpha value is -3.32. The van der Waals surface area contributed by atoms with Crippen LogP contribution in [0.1, 0.15) is 16.1 Å². The van der Waals surface area contributed by atoms with Crippen LogP contribution >= 0.6 is 0 Å². The van der Waals surface area contributed by atoms with E-state index in [-0.39, 0.29) is 11.6 Å². The highest BCUT2D eigenvalue weighted by Gasteiger charge is 2.26. The van der Waals surface area contributed by atoms with Crippen LogP contribution in [0.5, 0.6) is 0 Å². The number of carbonyl (C=O) groups excluding carboxylic acids is 1. The summed E-state index contributed by atoms with van der Waals surface area (Å²) in [5.41, 5.74) is 3.21. The maximum absolute atomic E-state index is 13.4. The smallest absolute Gasteiger partial charge is 0.270 e. The van der Waals surface area contributed by atoms with Gasteiger partial charge in [0.15, 0.2) is 0 Å². The van der Waals surface area contributed by atoms with Crippen LogP contribution in [-0.4, -0.2) is 47.0 Å². The molecule has 2 aromatic carbocycles. The summed E-state index contributed by atoms with van der Waals surface area (Å²) in [7, 11) is 0. The number of aryl methyl sites for hydroxylation is 1. The number of non-ortho nitro benzene ring substituents is 1. The molecular weight excluding hydrogens is 358 g/mol. The van der Waals surface area contributed by atoms with Crippen LogP contribution in [0.4, 0.5) is 5.69 Å². The fourth-order valence-electron chi connectivity index (χ4n) is 3.58. The lowest BCUT2D eigenvalue weighted by molar-refractivity contribution is -0.384. The van der Waals surface area contributed by atoms with E-state index in [2.05, 4.69) is 4.98 Å². The van der Waals surface area contributed by atoms with Crippen LogP contribution < -0.4 is 0 Å². The number of amides is 1. The summed E-state index contributed by atoms with van der Waals surface area (Å²) in [6.07, 6.45) is 0. The fourth-order valence-corrected chi connectivity index (χ4v) is 3.58. The lowest BCUT2D eigenvalue weighted by Crippen LogP contribution is -2.41. The second kappa shape index (κ2) is 7.36. The van der Waals surface area contributed by atoms with Gasteiger partial charge in [-0.3, -0.25) is 19.9 Å². The number of hydrogen-bond donors (Lipinski definition) is 0. The molecule has 0 bridgehead atoms. The zero-order chi connectivity index (χ0) is 19.7. The van der Waals surface area contributed by atoms with Crippen molar-refractivity contribution in [3.8, 4) is 11.1 Å². The van der Waals surface area contributed by atoms with Crippen LogP contribution in [0, 0.1) is 17.0 Å². The average Bonchev–Trinajstić information content (AvgIpc) is 2.73. The number of nitro benzene ring substituents is 1. The summed E-state index contributed by atoms with van der Waals surface area (Å²) >= 11 is 0. The maximum Gasteiger partial charge on any atom is 0.270 e. The molecule has 1 aromatic heterocycles. The van der Waals surface area contributed by atoms with E-state index in [1.807, 2.05) is 30.3 Å². The summed E-state index contributed by atoms with van der Waals surface area (Å²) in [5.74, 6) is -0.124. The molecule has 0 radical (unpaired) electrons. The van der Waals surface area contributed by atoms with E-state index in [9.17, 15) is 14.9 Å². The number of nitro groups is 1. The number of carbonyl (C=O) groups is 1. The van der Waals surface area contributed by atoms with E-state index >= 15 is 0 Å². The van der Waals surface area contributed by atoms with Gasteiger partial charge in [-0.2, -0.15) is 0 Å². The molecule has 1 fully saturated rings. The number of pyridine rings is 1. The molecule has 0 saturated carbocycles. The molecule has 1 aliphatic heterocycles. The minimum Gasteiger partial charge on any atom is -0.378 e. The van der Waals surface area contributed by atoms with Crippen molar-refractivity contribution in [3.05, 3.63) is 69.9 Å². The van der Waals surface area contributed by atoms with Gasteiger partial charge in [-0.25, -0.2) is 0 Å². The van der Waals surface area contributed by atoms with Crippen molar-refractivity contribution in [1.29, 1.82) is 0 Å². The summed E-state index contributed by atoms with van der Waals surface area (Å²) in [6, 6.07) is 14.1. The first-order valence-corrected chi connectivity index (χ1v) is 9.07. The summed E-state index contributed by atoms with van der Waals surface area (Å²) in [6.45, 7) is 3.83. The van der Waals surface area contributed by atoms with Gasteiger partial charge in [0, 0.05) is 36.2 Å². The molecule has 4 rings (SSSR count). The van der Waals surface area contributed by atoms with Crippen molar-refractivity contribution in [2.24, 2.45) is 0 Å². The molecule has 7 heteroatoms. The highest BCUT2D eigenvalue weighted by molar-refractivity contribution is 6.10. The second-order valence-electron chi connectivity index (χ2n) is 6.68. The number of rotatable bonds is 3. The molecule has 0 spiro atoms. The number of nitrogens with zero attached hydrogens (tertiary/aromatic N) is 3. The molecule has 0 N–H and O–H groups in total. The number of aromatic nitrogens is 1. The largest absolute Gasteiger partial charge is 0.378 e. The molecule has 1 saturated heterocycles. The van der Waals surface area contributed by atoms with Crippen molar-refractivity contribution < 1.29 is 14.5 Å². The van der Waals surface area contributed by atoms with Crippen molar-refractivity contribution in [3.63, 3.8) is 0 Å². The van der Waals surface area contributed by atoms with Crippen LogP contribution in [-0.2, 0) is 4.74 Å². The van der Waals surface area contributed by atoms with E-state index in [0.717, 1.165) is 5.56 Å². The second-order valence-corrected chi connectivity index (χ2v) is 6.68. The molecule has 1 amide bonds. The van der Waals surface area contributed by atoms with Crippen LogP contribution in [0.2, 0.25) is 0 Å². The Morgan fingerprint density at radius 1 is 1.14 bits per heavy atom. The van der Waals surface area contributed by atoms with Gasteiger partial charge >= 0.3 is 0 Å². The van der Waals surface area contributed by atoms with Crippen LogP contribution in [0.15, 0.2) is 48.5 Å². The van der Waals surface area contributed by atoms with E-state index in [1.54, 1.807) is 17.9 Å². The molecule has 28 heavy (non-hydrogen) atoms. The number of morpholine rings is 1. The Labute approximate surface area is 161 Å². The lowest BCUT2D eigenvalue weighted by Gasteiger charge is -2.28. The summed E-state index contributed by atoms with van der Waals surface area (Å²) in [5, 5.41) is 11.9. The number of hydrogen-bond acceptors (Lipinski definition) is 5. The maximum atomic E-state index is 13.4. The van der Waals surface area contributed by atoms with Crippen LogP contribution in [0.25, 0.3) is 22.0 Å². The van der Waals surface area contributed by atoms with Crippen molar-refractivity contribution in [1.82, 2.24) is 9.88 Å². The number of fused-ring (bicyclic) bond motifs is 1. The van der Waals surface area contributed by atoms with Gasteiger partial charge in [-0.05, 0) is 18.6 Å². The van der Waals surface area contributed by atoms with Gasteiger partial charge < -0.3 is 9.64 Å². The van der Waals surface area contributed by atoms with Gasteiger partial charge in [0.2, 0.25) is 0 Å². The first-order chi connectivity index (χ1) is 13.6. The Morgan fingerprint density at radius 3 is 2.54 bits per heavy atom. The normalized spacial score (nSPS) is 14.2. The zero-order valence-corrected chi connectivity index (χ0v) is 15.4. The third-order valence-corrected chi connectivity index (χ3v) is 4.93. The molecule has 0 unspecified atom stereocenters. The van der Waals surface area contributed by atoms with Gasteiger partial charge in [-0.15, -0.1) is 0 Å². The molecule has 7 nitrogen and oxygen atoms in total. The predicted molar refractivity (Wildman–Crippen MR) is 105 cm³/mol. The molecule has 0 aliphatic carbocycles. The molecule has 1 aliphatic rings. The predicted octanol–water partition coefficient (Wildman–Crippen LogP) is 3.59. The van der Waals surface area contributed by atoms with Gasteiger partial charge in [0.05, 0.1) is 34.9 Å². The van der Waals surface area contributed by atoms with Gasteiger partial charge in [0.1, 0.15) is 0 Å². The van der Waals surface area contributed by atoms with Gasteiger partial charge in [0.25, 0.3) is 11.6 Å². The molecule has 3 aromatic rings. The van der Waals surface area contributed by atoms with E-state index < -0.39 is 4.92 Å². The third-order valence-electron chi connectivity index (χ3n) is 4.93. The highest BCUT2D eigenvalue weighted by atomic mass is 16.6. The van der Waals surface area contributed by atoms with Crippen LogP contribution in [0.3, 0.4) is 0 Å². The zero-order valence-electron chi connectivity index (χ0n) is 15.4. The van der Waals surface area contributed by atoms with Gasteiger partial charge in [-0.1, -0.05) is 30.3 Å². The minimum atomic E-state index is -0.433. The molecule has 0 atom stereocenters. The lowest BCUT2D eigenvalue weighted by atomic mass is 9.93. The minimum absolute atomic E-state index is 0.0277. The standard InChI is InChI=1S/C21H19N3O4/c1-14-19(21(25)23-9-11-28-12-10-23)20(15-5-3-2-4-6-15)17-13-16(24(26)27)7-8-18(17)22-14/h2-8,13H,9-12H2,1H3. The Balaban J connectivity index is 2.00. The van der Waals surface area contributed by atoms with E-state index in [1.165, 1.54) is 12.1 Å². The first-order valence-electron chi connectivity index (χ1n) is 9.07. The molecule has 2 heterocycles. The average molecular weight is 377 g/mol. The van der Waals surface area contributed by atoms with E-state index in [0.29, 0.717) is 54.0 Å². The Morgan fingerprint density at radius 2 is 1.86 bits per heavy atom. The quantitative estimate of drug-likeness (QED) is 0.514. The van der Waals surface area contributed by atoms with Crippen molar-refractivity contribution >= 4 is 22.5 Å². The number of ether oxygens (including phenoxy) is 1. The first kappa shape index (κ1) is 18.1. The Kier molecular flexibility index (Phi) is 4.75. The monoisotopic (exact) mass is 377 g/mol. The van der Waals surface area contributed by atoms with Crippen molar-refractivity contribution in [2.45, 2.75) is 6.92 Å². The highest BCUT2D eigenvalue weighted by Crippen LogP contribution is 2.35. The third kappa shape index (κ3) is 3.20. The Bertz CT molecular complexity index is 1060. The topological polar surface area (TPSA) is 85.6 Å².